The molecule has 0 N–H and O–H groups in total. The number of nitrogens with zero attached hydrogens (tertiary/aromatic N) is 2. The van der Waals surface area contributed by atoms with Gasteiger partial charge in [-0.25, -0.2) is 0 Å². The first kappa shape index (κ1) is 14.2. The van der Waals surface area contributed by atoms with Gasteiger partial charge in [-0.2, -0.15) is 0 Å². The molecule has 5 heteroatoms. The molecule has 3 heterocycles. The molecule has 3 rings (SSSR count). The molecule has 1 atom stereocenters. The van der Waals surface area contributed by atoms with Gasteiger partial charge in [0, 0.05) is 25.4 Å². The average Bonchev–Trinajstić information content (AvgIpc) is 3.12. The van der Waals surface area contributed by atoms with E-state index in [0.717, 1.165) is 24.4 Å². The summed E-state index contributed by atoms with van der Waals surface area (Å²) >= 11 is 1.64. The number of aryl methyl sites for hydroxylation is 1. The third kappa shape index (κ3) is 3.13. The average molecular weight is 302 g/mol. The second kappa shape index (κ2) is 6.35. The van der Waals surface area contributed by atoms with E-state index in [1.54, 1.807) is 24.2 Å². The van der Waals surface area contributed by atoms with Gasteiger partial charge in [-0.05, 0) is 36.2 Å². The quantitative estimate of drug-likeness (QED) is 0.851. The van der Waals surface area contributed by atoms with E-state index in [2.05, 4.69) is 11.9 Å². The van der Waals surface area contributed by atoms with Crippen LogP contribution in [0.3, 0.4) is 0 Å². The molecule has 0 aromatic carbocycles. The van der Waals surface area contributed by atoms with E-state index in [0.29, 0.717) is 12.3 Å². The van der Waals surface area contributed by atoms with Crippen molar-refractivity contribution >= 4 is 17.7 Å². The number of rotatable bonds is 5. The Bertz CT molecular complexity index is 612. The minimum atomic E-state index is 0.0136. The first-order valence-corrected chi connectivity index (χ1v) is 8.21. The van der Waals surface area contributed by atoms with Crippen molar-refractivity contribution in [2.75, 3.05) is 12.3 Å². The van der Waals surface area contributed by atoms with Crippen LogP contribution in [0.2, 0.25) is 0 Å². The molecule has 0 radical (unpaired) electrons. The highest BCUT2D eigenvalue weighted by atomic mass is 32.2. The Morgan fingerprint density at radius 2 is 2.14 bits per heavy atom. The second-order valence-corrected chi connectivity index (χ2v) is 6.08. The zero-order chi connectivity index (χ0) is 14.7. The van der Waals surface area contributed by atoms with Crippen molar-refractivity contribution in [1.82, 2.24) is 9.88 Å². The summed E-state index contributed by atoms with van der Waals surface area (Å²) in [4.78, 5) is 18.0. The summed E-state index contributed by atoms with van der Waals surface area (Å²) < 4.78 is 5.82. The number of carbonyl (C=O) groups excluding carboxylic acids is 1. The largest absolute Gasteiger partial charge is 0.463 e. The molecule has 110 valence electrons. The highest BCUT2D eigenvalue weighted by Crippen LogP contribution is 2.39. The van der Waals surface area contributed by atoms with Crippen LogP contribution in [0.1, 0.15) is 29.4 Å². The summed E-state index contributed by atoms with van der Waals surface area (Å²) in [7, 11) is 0. The maximum Gasteiger partial charge on any atom is 0.233 e. The maximum absolute atomic E-state index is 12.1. The lowest BCUT2D eigenvalue weighted by Gasteiger charge is -2.22. The van der Waals surface area contributed by atoms with E-state index in [1.165, 1.54) is 5.56 Å². The van der Waals surface area contributed by atoms with Gasteiger partial charge in [0.1, 0.15) is 16.9 Å². The number of pyridine rings is 1. The molecule has 1 aliphatic heterocycles. The fraction of sp³-hybridized carbons (Fsp3) is 0.375. The zero-order valence-corrected chi connectivity index (χ0v) is 12.8. The van der Waals surface area contributed by atoms with E-state index in [-0.39, 0.29) is 11.3 Å². The van der Waals surface area contributed by atoms with Crippen LogP contribution in [-0.2, 0) is 17.6 Å². The number of aromatic nitrogens is 1. The summed E-state index contributed by atoms with van der Waals surface area (Å²) in [5.41, 5.74) is 1.20. The predicted octanol–water partition coefficient (Wildman–Crippen LogP) is 3.05. The predicted molar refractivity (Wildman–Crippen MR) is 82.9 cm³/mol. The lowest BCUT2D eigenvalue weighted by Crippen LogP contribution is -2.30. The third-order valence-corrected chi connectivity index (χ3v) is 4.85. The smallest absolute Gasteiger partial charge is 0.233 e. The minimum Gasteiger partial charge on any atom is -0.463 e. The van der Waals surface area contributed by atoms with Crippen LogP contribution in [0.25, 0.3) is 0 Å². The van der Waals surface area contributed by atoms with Crippen LogP contribution in [0.4, 0.5) is 0 Å². The summed E-state index contributed by atoms with van der Waals surface area (Å²) in [6.07, 6.45) is 5.29. The van der Waals surface area contributed by atoms with Crippen molar-refractivity contribution in [3.63, 3.8) is 0 Å². The topological polar surface area (TPSA) is 46.3 Å². The molecule has 2 aromatic heterocycles. The highest BCUT2D eigenvalue weighted by molar-refractivity contribution is 8.00. The van der Waals surface area contributed by atoms with Gasteiger partial charge in [0.25, 0.3) is 0 Å². The number of furan rings is 1. The Labute approximate surface area is 128 Å². The number of hydrogen-bond donors (Lipinski definition) is 0. The number of hydrogen-bond acceptors (Lipinski definition) is 4. The van der Waals surface area contributed by atoms with Crippen molar-refractivity contribution in [3.05, 3.63) is 53.7 Å². The molecule has 1 fully saturated rings. The molecule has 2 aromatic rings. The van der Waals surface area contributed by atoms with Crippen LogP contribution < -0.4 is 0 Å². The first-order chi connectivity index (χ1) is 10.3. The molecule has 1 aliphatic rings. The van der Waals surface area contributed by atoms with Crippen LogP contribution in [0.5, 0.6) is 0 Å². The summed E-state index contributed by atoms with van der Waals surface area (Å²) in [6, 6.07) is 7.98. The van der Waals surface area contributed by atoms with Gasteiger partial charge in [-0.3, -0.25) is 9.78 Å². The van der Waals surface area contributed by atoms with Gasteiger partial charge in [-0.1, -0.05) is 6.92 Å². The third-order valence-electron chi connectivity index (χ3n) is 3.63. The Balaban J connectivity index is 1.70. The first-order valence-electron chi connectivity index (χ1n) is 7.16. The lowest BCUT2D eigenvalue weighted by molar-refractivity contribution is -0.128. The molecule has 0 aliphatic carbocycles. The van der Waals surface area contributed by atoms with Gasteiger partial charge in [-0.15, -0.1) is 11.8 Å². The fourth-order valence-corrected chi connectivity index (χ4v) is 3.61. The van der Waals surface area contributed by atoms with Crippen LogP contribution in [0, 0.1) is 0 Å². The monoisotopic (exact) mass is 302 g/mol. The Kier molecular flexibility index (Phi) is 4.29. The number of amides is 1. The summed E-state index contributed by atoms with van der Waals surface area (Å²) in [6.45, 7) is 2.78. The van der Waals surface area contributed by atoms with Crippen LogP contribution >= 0.6 is 11.8 Å². The van der Waals surface area contributed by atoms with Gasteiger partial charge < -0.3 is 9.32 Å². The molecular weight excluding hydrogens is 284 g/mol. The van der Waals surface area contributed by atoms with E-state index in [1.807, 2.05) is 29.2 Å². The van der Waals surface area contributed by atoms with E-state index >= 15 is 0 Å². The van der Waals surface area contributed by atoms with E-state index in [9.17, 15) is 4.79 Å². The highest BCUT2D eigenvalue weighted by Gasteiger charge is 2.34. The van der Waals surface area contributed by atoms with Crippen molar-refractivity contribution in [2.45, 2.75) is 25.1 Å². The molecule has 0 spiro atoms. The SMILES string of the molecule is CCc1ccc(C2SCC(=O)N2CCc2ccncc2)o1. The van der Waals surface area contributed by atoms with Crippen molar-refractivity contribution in [2.24, 2.45) is 0 Å². The van der Waals surface area contributed by atoms with Gasteiger partial charge in [0.15, 0.2) is 0 Å². The Morgan fingerprint density at radius 1 is 1.33 bits per heavy atom. The zero-order valence-electron chi connectivity index (χ0n) is 12.0. The number of carbonyl (C=O) groups is 1. The van der Waals surface area contributed by atoms with Crippen LogP contribution in [-0.4, -0.2) is 28.1 Å². The Morgan fingerprint density at radius 3 is 2.86 bits per heavy atom. The van der Waals surface area contributed by atoms with Crippen molar-refractivity contribution in [3.8, 4) is 0 Å². The fourth-order valence-electron chi connectivity index (χ4n) is 2.45. The molecule has 0 bridgehead atoms. The minimum absolute atomic E-state index is 0.0136. The van der Waals surface area contributed by atoms with Gasteiger partial charge in [0.2, 0.25) is 5.91 Å². The normalized spacial score (nSPS) is 18.4. The van der Waals surface area contributed by atoms with Gasteiger partial charge in [0.05, 0.1) is 5.75 Å². The van der Waals surface area contributed by atoms with Crippen LogP contribution in [0.15, 0.2) is 41.1 Å². The maximum atomic E-state index is 12.1. The molecule has 21 heavy (non-hydrogen) atoms. The van der Waals surface area contributed by atoms with Crippen molar-refractivity contribution in [1.29, 1.82) is 0 Å². The molecule has 0 saturated carbocycles. The molecule has 1 unspecified atom stereocenters. The molecular formula is C16H18N2O2S. The van der Waals surface area contributed by atoms with E-state index in [4.69, 9.17) is 4.42 Å². The molecule has 4 nitrogen and oxygen atoms in total. The summed E-state index contributed by atoms with van der Waals surface area (Å²) in [5, 5.41) is 0.0136. The standard InChI is InChI=1S/C16H18N2O2S/c1-2-13-3-4-14(20-13)16-18(15(19)11-21-16)10-7-12-5-8-17-9-6-12/h3-6,8-9,16H,2,7,10-11H2,1H3. The lowest BCUT2D eigenvalue weighted by atomic mass is 10.2. The summed E-state index contributed by atoms with van der Waals surface area (Å²) in [5.74, 6) is 2.58. The molecule has 1 amide bonds. The van der Waals surface area contributed by atoms with E-state index < -0.39 is 0 Å². The molecule has 1 saturated heterocycles. The number of thioether (sulfide) groups is 1. The van der Waals surface area contributed by atoms with Gasteiger partial charge >= 0.3 is 0 Å². The van der Waals surface area contributed by atoms with Crippen molar-refractivity contribution < 1.29 is 9.21 Å². The Hall–Kier alpha value is -1.75. The second-order valence-electron chi connectivity index (χ2n) is 5.01.